The van der Waals surface area contributed by atoms with Gasteiger partial charge in [0.15, 0.2) is 5.78 Å². The average Bonchev–Trinajstić information content (AvgIpc) is 3.25. The Bertz CT molecular complexity index is 1590. The van der Waals surface area contributed by atoms with Gasteiger partial charge >= 0.3 is 5.97 Å². The van der Waals surface area contributed by atoms with Crippen LogP contribution in [-0.2, 0) is 19.6 Å². The van der Waals surface area contributed by atoms with Crippen molar-refractivity contribution in [2.24, 2.45) is 5.14 Å². The molecule has 9 nitrogen and oxygen atoms in total. The summed E-state index contributed by atoms with van der Waals surface area (Å²) in [6.07, 6.45) is 0. The van der Waals surface area contributed by atoms with Crippen LogP contribution in [0.1, 0.15) is 31.1 Å². The zero-order chi connectivity index (χ0) is 25.8. The largest absolute Gasteiger partial charge is 0.432 e. The van der Waals surface area contributed by atoms with Gasteiger partial charge in [0.25, 0.3) is 5.60 Å². The zero-order valence-electron chi connectivity index (χ0n) is 18.1. The molecule has 36 heavy (non-hydrogen) atoms. The molecule has 1 aliphatic carbocycles. The second-order valence-corrected chi connectivity index (χ2v) is 9.62. The van der Waals surface area contributed by atoms with Crippen LogP contribution >= 0.6 is 0 Å². The number of primary sulfonamides is 1. The molecule has 0 bridgehead atoms. The molecule has 11 heteroatoms. The summed E-state index contributed by atoms with van der Waals surface area (Å²) in [5.41, 5.74) is -3.58. The van der Waals surface area contributed by atoms with E-state index in [9.17, 15) is 32.0 Å². The van der Waals surface area contributed by atoms with Crippen LogP contribution in [0.25, 0.3) is 0 Å². The number of nitrogens with two attached hydrogens (primary N) is 1. The highest BCUT2D eigenvalue weighted by Gasteiger charge is 2.65. The maximum absolute atomic E-state index is 13.6. The number of rotatable bonds is 5. The summed E-state index contributed by atoms with van der Waals surface area (Å²) >= 11 is 0. The van der Waals surface area contributed by atoms with Crippen molar-refractivity contribution < 1.29 is 36.7 Å². The van der Waals surface area contributed by atoms with Crippen LogP contribution in [0.3, 0.4) is 0 Å². The number of carbonyl (C=O) groups is 4. The SMILES string of the molecule is NS(=O)(=O)c1ccc(NC2=C(C(=O)c3ccc(F)cc3)C3(OC2=O)C(=O)c2ccccc2C3=O)cc1. The van der Waals surface area contributed by atoms with Gasteiger partial charge in [-0.1, -0.05) is 24.3 Å². The fourth-order valence-corrected chi connectivity index (χ4v) is 4.72. The van der Waals surface area contributed by atoms with Gasteiger partial charge in [0.1, 0.15) is 11.5 Å². The van der Waals surface area contributed by atoms with E-state index in [1.807, 2.05) is 0 Å². The summed E-state index contributed by atoms with van der Waals surface area (Å²) in [5, 5.41) is 7.77. The Morgan fingerprint density at radius 3 is 1.94 bits per heavy atom. The number of hydrogen-bond donors (Lipinski definition) is 2. The molecule has 180 valence electrons. The average molecular weight is 506 g/mol. The summed E-state index contributed by atoms with van der Waals surface area (Å²) in [4.78, 5) is 53.4. The minimum atomic E-state index is -3.99. The third-order valence-corrected chi connectivity index (χ3v) is 6.82. The van der Waals surface area contributed by atoms with E-state index in [2.05, 4.69) is 5.32 Å². The lowest BCUT2D eigenvalue weighted by atomic mass is 9.83. The van der Waals surface area contributed by atoms with Crippen molar-refractivity contribution in [1.29, 1.82) is 0 Å². The molecule has 0 radical (unpaired) electrons. The number of esters is 1. The molecular weight excluding hydrogens is 491 g/mol. The number of ether oxygens (including phenoxy) is 1. The highest BCUT2D eigenvalue weighted by molar-refractivity contribution is 7.89. The molecule has 1 heterocycles. The summed E-state index contributed by atoms with van der Waals surface area (Å²) in [6.45, 7) is 0. The molecule has 5 rings (SSSR count). The van der Waals surface area contributed by atoms with E-state index in [1.54, 1.807) is 0 Å². The van der Waals surface area contributed by atoms with E-state index in [0.717, 1.165) is 36.4 Å². The van der Waals surface area contributed by atoms with Crippen LogP contribution in [-0.4, -0.2) is 37.3 Å². The van der Waals surface area contributed by atoms with Crippen LogP contribution in [0.4, 0.5) is 10.1 Å². The molecule has 3 aromatic carbocycles. The minimum absolute atomic E-state index is 0.0153. The quantitative estimate of drug-likeness (QED) is 0.304. The van der Waals surface area contributed by atoms with Gasteiger partial charge in [-0.05, 0) is 48.5 Å². The third kappa shape index (κ3) is 3.44. The lowest BCUT2D eigenvalue weighted by Gasteiger charge is -2.21. The Hall–Kier alpha value is -4.48. The van der Waals surface area contributed by atoms with Crippen LogP contribution in [0, 0.1) is 5.82 Å². The smallest absolute Gasteiger partial charge is 0.357 e. The molecular formula is C25H15FN2O7S. The monoisotopic (exact) mass is 506 g/mol. The maximum Gasteiger partial charge on any atom is 0.357 e. The van der Waals surface area contributed by atoms with Crippen molar-refractivity contribution in [2.75, 3.05) is 5.32 Å². The van der Waals surface area contributed by atoms with Gasteiger partial charge in [-0.2, -0.15) is 0 Å². The van der Waals surface area contributed by atoms with E-state index < -0.39 is 56.0 Å². The number of nitrogens with one attached hydrogen (secondary N) is 1. The van der Waals surface area contributed by atoms with E-state index in [1.165, 1.54) is 36.4 Å². The Morgan fingerprint density at radius 2 is 1.42 bits per heavy atom. The number of hydrogen-bond acceptors (Lipinski definition) is 8. The van der Waals surface area contributed by atoms with Crippen LogP contribution in [0.15, 0.2) is 89.0 Å². The summed E-state index contributed by atoms with van der Waals surface area (Å²) in [7, 11) is -3.99. The van der Waals surface area contributed by atoms with Gasteiger partial charge in [0.2, 0.25) is 21.6 Å². The molecule has 3 N–H and O–H groups in total. The first-order chi connectivity index (χ1) is 17.0. The third-order valence-electron chi connectivity index (χ3n) is 5.89. The predicted octanol–water partition coefficient (Wildman–Crippen LogP) is 2.40. The predicted molar refractivity (Wildman–Crippen MR) is 123 cm³/mol. The molecule has 0 atom stereocenters. The Labute approximate surface area is 203 Å². The van der Waals surface area contributed by atoms with E-state index in [4.69, 9.17) is 9.88 Å². The number of sulfonamides is 1. The highest BCUT2D eigenvalue weighted by atomic mass is 32.2. The molecule has 0 fully saturated rings. The minimum Gasteiger partial charge on any atom is -0.432 e. The number of ketones is 3. The lowest BCUT2D eigenvalue weighted by molar-refractivity contribution is -0.141. The molecule has 1 aliphatic heterocycles. The molecule has 1 spiro atoms. The normalized spacial score (nSPS) is 16.3. The molecule has 0 aromatic heterocycles. The Balaban J connectivity index is 1.69. The van der Waals surface area contributed by atoms with Gasteiger partial charge in [-0.15, -0.1) is 0 Å². The molecule has 0 unspecified atom stereocenters. The van der Waals surface area contributed by atoms with Crippen molar-refractivity contribution >= 4 is 39.0 Å². The van der Waals surface area contributed by atoms with E-state index >= 15 is 0 Å². The van der Waals surface area contributed by atoms with Crippen molar-refractivity contribution in [3.05, 3.63) is 107 Å². The van der Waals surface area contributed by atoms with E-state index in [-0.39, 0.29) is 27.3 Å². The molecule has 2 aliphatic rings. The number of carbonyl (C=O) groups excluding carboxylic acids is 4. The highest BCUT2D eigenvalue weighted by Crippen LogP contribution is 2.45. The molecule has 0 amide bonds. The fourth-order valence-electron chi connectivity index (χ4n) is 4.21. The molecule has 0 saturated heterocycles. The lowest BCUT2D eigenvalue weighted by Crippen LogP contribution is -2.46. The topological polar surface area (TPSA) is 150 Å². The second kappa shape index (κ2) is 8.04. The first-order valence-electron chi connectivity index (χ1n) is 10.4. The number of Topliss-reactive ketones (excluding diaryl/α,β-unsaturated/α-hetero) is 3. The first kappa shape index (κ1) is 23.3. The van der Waals surface area contributed by atoms with Crippen LogP contribution < -0.4 is 10.5 Å². The van der Waals surface area contributed by atoms with Crippen molar-refractivity contribution in [3.63, 3.8) is 0 Å². The number of fused-ring (bicyclic) bond motifs is 1. The van der Waals surface area contributed by atoms with Gasteiger partial charge in [0, 0.05) is 22.4 Å². The Morgan fingerprint density at radius 1 is 0.861 bits per heavy atom. The Kier molecular flexibility index (Phi) is 5.20. The number of benzene rings is 3. The maximum atomic E-state index is 13.6. The van der Waals surface area contributed by atoms with Crippen molar-refractivity contribution in [3.8, 4) is 0 Å². The second-order valence-electron chi connectivity index (χ2n) is 8.05. The van der Waals surface area contributed by atoms with Crippen molar-refractivity contribution in [2.45, 2.75) is 10.5 Å². The molecule has 3 aromatic rings. The standard InChI is InChI=1S/C25H15FN2O7S/c26-14-7-5-13(6-8-14)21(29)19-20(28-15-9-11-16(12-10-15)36(27,33)34)24(32)35-25(19)22(30)17-3-1-2-4-18(17)23(25)31/h1-12,28H,(H2,27,33,34). The van der Waals surface area contributed by atoms with Gasteiger partial charge < -0.3 is 10.1 Å². The fraction of sp³-hybridized carbons (Fsp3) is 0.0400. The van der Waals surface area contributed by atoms with Crippen molar-refractivity contribution in [1.82, 2.24) is 0 Å². The van der Waals surface area contributed by atoms with Crippen LogP contribution in [0.2, 0.25) is 0 Å². The van der Waals surface area contributed by atoms with Gasteiger partial charge in [-0.25, -0.2) is 22.7 Å². The zero-order valence-corrected chi connectivity index (χ0v) is 19.0. The summed E-state index contributed by atoms with van der Waals surface area (Å²) in [6, 6.07) is 15.0. The number of halogens is 1. The van der Waals surface area contributed by atoms with Gasteiger partial charge in [-0.3, -0.25) is 14.4 Å². The summed E-state index contributed by atoms with van der Waals surface area (Å²) < 4.78 is 41.9. The van der Waals surface area contributed by atoms with Crippen LogP contribution in [0.5, 0.6) is 0 Å². The molecule has 0 saturated carbocycles. The summed E-state index contributed by atoms with van der Waals surface area (Å²) in [5.74, 6) is -4.45. The van der Waals surface area contributed by atoms with E-state index in [0.29, 0.717) is 0 Å². The van der Waals surface area contributed by atoms with Gasteiger partial charge in [0.05, 0.1) is 10.5 Å². The number of anilines is 1. The first-order valence-corrected chi connectivity index (χ1v) is 12.0.